The van der Waals surface area contributed by atoms with Crippen molar-refractivity contribution in [3.8, 4) is 0 Å². The minimum absolute atomic E-state index is 0.0658. The van der Waals surface area contributed by atoms with Gasteiger partial charge in [-0.2, -0.15) is 0 Å². The summed E-state index contributed by atoms with van der Waals surface area (Å²) in [5.74, 6) is -1.46. The highest BCUT2D eigenvalue weighted by Crippen LogP contribution is 2.72. The highest BCUT2D eigenvalue weighted by atomic mass is 16.6. The third kappa shape index (κ3) is 2.34. The first-order chi connectivity index (χ1) is 16.1. The molecule has 0 aromatic carbocycles. The molecule has 5 aliphatic rings. The second-order valence-electron chi connectivity index (χ2n) is 11.2. The van der Waals surface area contributed by atoms with Crippen LogP contribution in [0.4, 0.5) is 0 Å². The van der Waals surface area contributed by atoms with Gasteiger partial charge in [-0.1, -0.05) is 25.5 Å². The van der Waals surface area contributed by atoms with Crippen LogP contribution in [0.25, 0.3) is 0 Å². The lowest BCUT2D eigenvalue weighted by molar-refractivity contribution is -0.190. The van der Waals surface area contributed by atoms with E-state index in [1.807, 2.05) is 19.9 Å². The third-order valence-corrected chi connectivity index (χ3v) is 9.91. The van der Waals surface area contributed by atoms with Gasteiger partial charge >= 0.3 is 11.9 Å². The van der Waals surface area contributed by atoms with Crippen molar-refractivity contribution in [3.63, 3.8) is 0 Å². The van der Waals surface area contributed by atoms with E-state index in [0.29, 0.717) is 0 Å². The zero-order chi connectivity index (χ0) is 24.2. The van der Waals surface area contributed by atoms with E-state index in [0.717, 1.165) is 17.6 Å². The molecular formula is C27H30O7. The molecular weight excluding hydrogens is 436 g/mol. The van der Waals surface area contributed by atoms with Gasteiger partial charge in [0.05, 0.1) is 37.6 Å². The Labute approximate surface area is 198 Å². The quantitative estimate of drug-likeness (QED) is 0.495. The van der Waals surface area contributed by atoms with E-state index < -0.39 is 40.3 Å². The Bertz CT molecular complexity index is 1160. The normalized spacial score (nSPS) is 46.3. The average Bonchev–Trinajstić information content (AvgIpc) is 3.54. The standard InChI is InChI=1S/C27H30O7/c1-13-15(14-7-9-32-12-14)10-16-20(13)27(4)17(11-19(29)31-5)26(3)18(28)6-8-25(2)22(26)21(23(27)33-16)34-24(25)30/h6-9,12,15-17,21-23H,10-11H2,1-5H3/t15?,16-,17-,21-,22?,23-,25-,26+,27-/m1/s1. The van der Waals surface area contributed by atoms with Crippen molar-refractivity contribution in [3.05, 3.63) is 47.5 Å². The first-order valence-electron chi connectivity index (χ1n) is 12.0. The Morgan fingerprint density at radius 2 is 1.97 bits per heavy atom. The van der Waals surface area contributed by atoms with E-state index in [1.165, 1.54) is 18.8 Å². The second-order valence-corrected chi connectivity index (χ2v) is 11.2. The van der Waals surface area contributed by atoms with Gasteiger partial charge in [-0.05, 0) is 49.5 Å². The summed E-state index contributed by atoms with van der Waals surface area (Å²) in [5.41, 5.74) is 0.794. The molecule has 7 nitrogen and oxygen atoms in total. The molecule has 180 valence electrons. The first kappa shape index (κ1) is 21.8. The molecule has 1 aromatic rings. The number of allylic oxidation sites excluding steroid dienone is 2. The Balaban J connectivity index is 1.58. The molecule has 34 heavy (non-hydrogen) atoms. The van der Waals surface area contributed by atoms with Crippen LogP contribution in [0.2, 0.25) is 0 Å². The van der Waals surface area contributed by atoms with Crippen LogP contribution in [-0.4, -0.2) is 43.1 Å². The first-order valence-corrected chi connectivity index (χ1v) is 12.0. The Morgan fingerprint density at radius 3 is 2.65 bits per heavy atom. The summed E-state index contributed by atoms with van der Waals surface area (Å²) in [4.78, 5) is 39.6. The highest BCUT2D eigenvalue weighted by Gasteiger charge is 2.77. The molecule has 2 unspecified atom stereocenters. The zero-order valence-corrected chi connectivity index (χ0v) is 20.1. The lowest BCUT2D eigenvalue weighted by Gasteiger charge is -2.59. The van der Waals surface area contributed by atoms with Gasteiger partial charge in [-0.25, -0.2) is 0 Å². The van der Waals surface area contributed by atoms with Crippen molar-refractivity contribution in [1.29, 1.82) is 0 Å². The summed E-state index contributed by atoms with van der Waals surface area (Å²) >= 11 is 0. The van der Waals surface area contributed by atoms with Gasteiger partial charge in [0.2, 0.25) is 0 Å². The molecule has 0 N–H and O–H groups in total. The topological polar surface area (TPSA) is 92.0 Å². The molecule has 7 heteroatoms. The number of esters is 2. The lowest BCUT2D eigenvalue weighted by Crippen LogP contribution is -2.66. The molecule has 0 amide bonds. The van der Waals surface area contributed by atoms with Gasteiger partial charge in [0.15, 0.2) is 5.78 Å². The zero-order valence-electron chi connectivity index (χ0n) is 20.1. The van der Waals surface area contributed by atoms with Crippen LogP contribution in [0.1, 0.15) is 52.0 Å². The molecule has 9 atom stereocenters. The molecule has 0 spiro atoms. The Kier molecular flexibility index (Phi) is 4.31. The van der Waals surface area contributed by atoms with Crippen LogP contribution >= 0.6 is 0 Å². The minimum Gasteiger partial charge on any atom is -0.472 e. The number of carbonyl (C=O) groups excluding carboxylic acids is 3. The lowest BCUT2D eigenvalue weighted by atomic mass is 9.42. The number of carbonyl (C=O) groups is 3. The molecule has 1 saturated carbocycles. The molecule has 3 fully saturated rings. The number of methoxy groups -OCH3 is 1. The average molecular weight is 467 g/mol. The Hall–Kier alpha value is -2.67. The van der Waals surface area contributed by atoms with Gasteiger partial charge in [0.1, 0.15) is 12.2 Å². The van der Waals surface area contributed by atoms with Crippen molar-refractivity contribution < 1.29 is 33.0 Å². The van der Waals surface area contributed by atoms with Gasteiger partial charge < -0.3 is 18.6 Å². The summed E-state index contributed by atoms with van der Waals surface area (Å²) in [5, 5.41) is 0. The van der Waals surface area contributed by atoms with Crippen LogP contribution in [0.15, 0.2) is 46.3 Å². The van der Waals surface area contributed by atoms with Gasteiger partial charge in [-0.15, -0.1) is 0 Å². The van der Waals surface area contributed by atoms with E-state index in [2.05, 4.69) is 13.8 Å². The van der Waals surface area contributed by atoms with Gasteiger partial charge in [0.25, 0.3) is 0 Å². The number of furan rings is 1. The van der Waals surface area contributed by atoms with Crippen LogP contribution in [0.5, 0.6) is 0 Å². The molecule has 1 aromatic heterocycles. The predicted octanol–water partition coefficient (Wildman–Crippen LogP) is 3.74. The third-order valence-electron chi connectivity index (χ3n) is 9.91. The van der Waals surface area contributed by atoms with Crippen molar-refractivity contribution >= 4 is 17.7 Å². The van der Waals surface area contributed by atoms with Crippen molar-refractivity contribution in [2.45, 2.75) is 64.8 Å². The van der Waals surface area contributed by atoms with Gasteiger partial charge in [0, 0.05) is 22.7 Å². The summed E-state index contributed by atoms with van der Waals surface area (Å²) < 4.78 is 23.2. The van der Waals surface area contributed by atoms with E-state index in [-0.39, 0.29) is 36.2 Å². The van der Waals surface area contributed by atoms with Crippen LogP contribution in [0.3, 0.4) is 0 Å². The fraction of sp³-hybridized carbons (Fsp3) is 0.593. The number of rotatable bonds is 3. The maximum absolute atomic E-state index is 13.7. The number of hydrogen-bond donors (Lipinski definition) is 0. The maximum atomic E-state index is 13.7. The number of fused-ring (bicyclic) bond motifs is 4. The van der Waals surface area contributed by atoms with Crippen molar-refractivity contribution in [2.75, 3.05) is 7.11 Å². The minimum atomic E-state index is -0.987. The van der Waals surface area contributed by atoms with Crippen LogP contribution in [0, 0.1) is 28.1 Å². The molecule has 2 saturated heterocycles. The van der Waals surface area contributed by atoms with E-state index >= 15 is 0 Å². The van der Waals surface area contributed by atoms with Crippen molar-refractivity contribution in [2.24, 2.45) is 28.1 Å². The van der Waals surface area contributed by atoms with E-state index in [1.54, 1.807) is 18.6 Å². The number of ketones is 1. The molecule has 6 rings (SSSR count). The number of hydrogen-bond acceptors (Lipinski definition) is 7. The van der Waals surface area contributed by atoms with E-state index in [4.69, 9.17) is 18.6 Å². The van der Waals surface area contributed by atoms with E-state index in [9.17, 15) is 14.4 Å². The SMILES string of the molecule is COC(=O)C[C@H]1[C@]2(C)C3=C(C)C(c4ccoc4)C[C@H]3O[C@@H]2[C@@H]2OC(=O)[C@]3(C)C=CC(=O)[C@@]1(C)C23. The highest BCUT2D eigenvalue weighted by molar-refractivity contribution is 6.00. The monoisotopic (exact) mass is 466 g/mol. The summed E-state index contributed by atoms with van der Waals surface area (Å²) in [6, 6.07) is 1.97. The largest absolute Gasteiger partial charge is 0.472 e. The van der Waals surface area contributed by atoms with Crippen molar-refractivity contribution in [1.82, 2.24) is 0 Å². The predicted molar refractivity (Wildman–Crippen MR) is 119 cm³/mol. The van der Waals surface area contributed by atoms with Gasteiger partial charge in [-0.3, -0.25) is 14.4 Å². The fourth-order valence-corrected chi connectivity index (χ4v) is 8.41. The maximum Gasteiger partial charge on any atom is 0.316 e. The molecule has 0 bridgehead atoms. The summed E-state index contributed by atoms with van der Waals surface area (Å²) in [6.45, 7) is 7.96. The number of ether oxygens (including phenoxy) is 3. The molecule has 2 aliphatic heterocycles. The van der Waals surface area contributed by atoms with Crippen LogP contribution < -0.4 is 0 Å². The summed E-state index contributed by atoms with van der Waals surface area (Å²) in [6.07, 6.45) is 6.29. The smallest absolute Gasteiger partial charge is 0.316 e. The summed E-state index contributed by atoms with van der Waals surface area (Å²) in [7, 11) is 1.37. The Morgan fingerprint density at radius 1 is 1.21 bits per heavy atom. The molecule has 0 radical (unpaired) electrons. The van der Waals surface area contributed by atoms with Crippen LogP contribution in [-0.2, 0) is 28.6 Å². The second kappa shape index (κ2) is 6.72. The molecule has 3 aliphatic carbocycles. The fourth-order valence-electron chi connectivity index (χ4n) is 8.41. The molecule has 3 heterocycles.